The molecule has 2 saturated heterocycles. The van der Waals surface area contributed by atoms with Crippen molar-refractivity contribution in [3.05, 3.63) is 59.9 Å². The molecule has 4 heteroatoms. The van der Waals surface area contributed by atoms with Crippen LogP contribution in [-0.2, 0) is 6.54 Å². The van der Waals surface area contributed by atoms with Crippen LogP contribution in [0.1, 0.15) is 24.8 Å². The van der Waals surface area contributed by atoms with Crippen molar-refractivity contribution in [3.63, 3.8) is 0 Å². The maximum absolute atomic E-state index is 13.1. The summed E-state index contributed by atoms with van der Waals surface area (Å²) in [4.78, 5) is 2.52. The van der Waals surface area contributed by atoms with Crippen LogP contribution in [0.15, 0.2) is 48.5 Å². The van der Waals surface area contributed by atoms with E-state index in [4.69, 9.17) is 4.74 Å². The number of para-hydroxylation sites is 1. The Hall–Kier alpha value is -1.91. The number of hydrogen-bond acceptors (Lipinski definition) is 3. The van der Waals surface area contributed by atoms with E-state index in [1.54, 1.807) is 12.1 Å². The van der Waals surface area contributed by atoms with Gasteiger partial charge in [0.15, 0.2) is 0 Å². The van der Waals surface area contributed by atoms with Crippen LogP contribution in [0.25, 0.3) is 0 Å². The lowest BCUT2D eigenvalue weighted by atomic mass is 9.78. The average molecular weight is 340 g/mol. The number of hydrogen-bond donors (Lipinski definition) is 1. The Morgan fingerprint density at radius 1 is 1.00 bits per heavy atom. The molecule has 1 N–H and O–H groups in total. The average Bonchev–Trinajstić information content (AvgIpc) is 3.09. The summed E-state index contributed by atoms with van der Waals surface area (Å²) >= 11 is 0. The highest BCUT2D eigenvalue weighted by atomic mass is 19.1. The summed E-state index contributed by atoms with van der Waals surface area (Å²) in [5.41, 5.74) is 1.73. The lowest BCUT2D eigenvalue weighted by Crippen LogP contribution is -2.40. The topological polar surface area (TPSA) is 24.5 Å². The van der Waals surface area contributed by atoms with Crippen LogP contribution < -0.4 is 10.1 Å². The zero-order chi connectivity index (χ0) is 17.1. The Morgan fingerprint density at radius 2 is 1.76 bits per heavy atom. The number of nitrogens with one attached hydrogen (secondary N) is 1. The van der Waals surface area contributed by atoms with E-state index in [2.05, 4.69) is 22.3 Å². The molecule has 132 valence electrons. The smallest absolute Gasteiger partial charge is 0.131 e. The van der Waals surface area contributed by atoms with Crippen LogP contribution in [0.5, 0.6) is 11.5 Å². The molecule has 0 unspecified atom stereocenters. The van der Waals surface area contributed by atoms with Gasteiger partial charge in [0, 0.05) is 18.7 Å². The highest BCUT2D eigenvalue weighted by Crippen LogP contribution is 2.37. The second-order valence-electron chi connectivity index (χ2n) is 7.37. The second kappa shape index (κ2) is 7.14. The monoisotopic (exact) mass is 340 g/mol. The van der Waals surface area contributed by atoms with Crippen molar-refractivity contribution in [2.75, 3.05) is 26.2 Å². The molecule has 0 saturated carbocycles. The van der Waals surface area contributed by atoms with Crippen molar-refractivity contribution in [2.24, 2.45) is 5.41 Å². The van der Waals surface area contributed by atoms with Gasteiger partial charge < -0.3 is 10.1 Å². The van der Waals surface area contributed by atoms with Crippen molar-refractivity contribution < 1.29 is 9.13 Å². The van der Waals surface area contributed by atoms with Crippen LogP contribution in [0.3, 0.4) is 0 Å². The molecule has 2 aliphatic rings. The Labute approximate surface area is 148 Å². The second-order valence-corrected chi connectivity index (χ2v) is 7.37. The molecule has 25 heavy (non-hydrogen) atoms. The molecule has 0 atom stereocenters. The maximum Gasteiger partial charge on any atom is 0.131 e. The van der Waals surface area contributed by atoms with Gasteiger partial charge in [-0.25, -0.2) is 4.39 Å². The standard InChI is InChI=1S/C21H25FN2O/c22-18-5-7-19(8-6-18)25-20-4-2-1-3-17(20)15-24-13-10-21(11-14-24)9-12-23-16-21/h1-8,23H,9-16H2. The van der Waals surface area contributed by atoms with Crippen molar-refractivity contribution >= 4 is 0 Å². The van der Waals surface area contributed by atoms with Gasteiger partial charge in [0.05, 0.1) is 0 Å². The van der Waals surface area contributed by atoms with E-state index in [0.717, 1.165) is 25.4 Å². The summed E-state index contributed by atoms with van der Waals surface area (Å²) in [6.45, 7) is 5.56. The summed E-state index contributed by atoms with van der Waals surface area (Å²) in [6, 6.07) is 14.4. The number of ether oxygens (including phenoxy) is 1. The fourth-order valence-electron chi connectivity index (χ4n) is 4.01. The first-order valence-corrected chi connectivity index (χ1v) is 9.17. The molecule has 0 amide bonds. The first-order chi connectivity index (χ1) is 12.2. The molecule has 2 aromatic carbocycles. The Kier molecular flexibility index (Phi) is 4.73. The number of benzene rings is 2. The number of nitrogens with zero attached hydrogens (tertiary/aromatic N) is 1. The quantitative estimate of drug-likeness (QED) is 0.903. The fraction of sp³-hybridized carbons (Fsp3) is 0.429. The number of rotatable bonds is 4. The number of likely N-dealkylation sites (tertiary alicyclic amines) is 1. The molecular formula is C21H25FN2O. The Morgan fingerprint density at radius 3 is 2.48 bits per heavy atom. The fourth-order valence-corrected chi connectivity index (χ4v) is 4.01. The normalized spacial score (nSPS) is 20.0. The van der Waals surface area contributed by atoms with E-state index >= 15 is 0 Å². The van der Waals surface area contributed by atoms with E-state index < -0.39 is 0 Å². The molecular weight excluding hydrogens is 315 g/mol. The molecule has 0 aromatic heterocycles. The van der Waals surface area contributed by atoms with Gasteiger partial charge in [-0.2, -0.15) is 0 Å². The largest absolute Gasteiger partial charge is 0.457 e. The molecule has 0 radical (unpaired) electrons. The van der Waals surface area contributed by atoms with E-state index in [1.807, 2.05) is 12.1 Å². The highest BCUT2D eigenvalue weighted by Gasteiger charge is 2.36. The lowest BCUT2D eigenvalue weighted by Gasteiger charge is -2.39. The first kappa shape index (κ1) is 16.6. The van der Waals surface area contributed by atoms with Crippen LogP contribution in [0.2, 0.25) is 0 Å². The van der Waals surface area contributed by atoms with Crippen molar-refractivity contribution in [3.8, 4) is 11.5 Å². The Balaban J connectivity index is 1.42. The third-order valence-corrected chi connectivity index (χ3v) is 5.66. The van der Waals surface area contributed by atoms with E-state index in [0.29, 0.717) is 11.2 Å². The third-order valence-electron chi connectivity index (χ3n) is 5.66. The van der Waals surface area contributed by atoms with Gasteiger partial charge in [0.25, 0.3) is 0 Å². The maximum atomic E-state index is 13.1. The van der Waals surface area contributed by atoms with Gasteiger partial charge in [0.1, 0.15) is 17.3 Å². The van der Waals surface area contributed by atoms with Gasteiger partial charge in [-0.15, -0.1) is 0 Å². The molecule has 1 spiro atoms. The van der Waals surface area contributed by atoms with Gasteiger partial charge in [0.2, 0.25) is 0 Å². The van der Waals surface area contributed by atoms with Crippen molar-refractivity contribution in [1.82, 2.24) is 10.2 Å². The molecule has 2 fully saturated rings. The van der Waals surface area contributed by atoms with E-state index in [9.17, 15) is 4.39 Å². The minimum absolute atomic E-state index is 0.246. The van der Waals surface area contributed by atoms with Crippen molar-refractivity contribution in [2.45, 2.75) is 25.8 Å². The van der Waals surface area contributed by atoms with Crippen LogP contribution >= 0.6 is 0 Å². The van der Waals surface area contributed by atoms with Gasteiger partial charge >= 0.3 is 0 Å². The molecule has 2 aliphatic heterocycles. The molecule has 0 bridgehead atoms. The highest BCUT2D eigenvalue weighted by molar-refractivity contribution is 5.37. The molecule has 4 rings (SSSR count). The molecule has 2 heterocycles. The van der Waals surface area contributed by atoms with Gasteiger partial charge in [-0.1, -0.05) is 18.2 Å². The minimum atomic E-state index is -0.246. The lowest BCUT2D eigenvalue weighted by molar-refractivity contribution is 0.113. The summed E-state index contributed by atoms with van der Waals surface area (Å²) in [5, 5.41) is 3.52. The number of piperidine rings is 1. The first-order valence-electron chi connectivity index (χ1n) is 9.17. The van der Waals surface area contributed by atoms with Crippen LogP contribution in [0, 0.1) is 11.2 Å². The van der Waals surface area contributed by atoms with Crippen LogP contribution in [-0.4, -0.2) is 31.1 Å². The minimum Gasteiger partial charge on any atom is -0.457 e. The van der Waals surface area contributed by atoms with Crippen LogP contribution in [0.4, 0.5) is 4.39 Å². The molecule has 0 aliphatic carbocycles. The summed E-state index contributed by atoms with van der Waals surface area (Å²) in [6.07, 6.45) is 3.88. The van der Waals surface area contributed by atoms with Gasteiger partial charge in [-0.3, -0.25) is 4.90 Å². The van der Waals surface area contributed by atoms with E-state index in [1.165, 1.54) is 50.0 Å². The van der Waals surface area contributed by atoms with E-state index in [-0.39, 0.29) is 5.82 Å². The predicted molar refractivity (Wildman–Crippen MR) is 97.3 cm³/mol. The molecule has 2 aromatic rings. The number of halogens is 1. The predicted octanol–water partition coefficient (Wildman–Crippen LogP) is 4.19. The van der Waals surface area contributed by atoms with Gasteiger partial charge in [-0.05, 0) is 74.6 Å². The summed E-state index contributed by atoms with van der Waals surface area (Å²) in [5.74, 6) is 1.28. The zero-order valence-corrected chi connectivity index (χ0v) is 14.5. The molecule has 3 nitrogen and oxygen atoms in total. The Bertz CT molecular complexity index is 700. The third kappa shape index (κ3) is 3.86. The summed E-state index contributed by atoms with van der Waals surface area (Å²) in [7, 11) is 0. The zero-order valence-electron chi connectivity index (χ0n) is 14.5. The SMILES string of the molecule is Fc1ccc(Oc2ccccc2CN2CCC3(CCNC3)CC2)cc1. The van der Waals surface area contributed by atoms with Crippen molar-refractivity contribution in [1.29, 1.82) is 0 Å². The summed E-state index contributed by atoms with van der Waals surface area (Å²) < 4.78 is 19.1.